The fraction of sp³-hybridized carbons (Fsp3) is 0.375. The third-order valence-corrected chi connectivity index (χ3v) is 10.7. The largest absolute Gasteiger partial charge is 0.387 e. The summed E-state index contributed by atoms with van der Waals surface area (Å²) in [7, 11) is 1.51. The van der Waals surface area contributed by atoms with E-state index in [1.165, 1.54) is 7.11 Å². The molecule has 8 rings (SSSR count). The first-order valence-electron chi connectivity index (χ1n) is 20.2. The number of aliphatic hydroxyl groups excluding tert-OH is 1. The highest BCUT2D eigenvalue weighted by atomic mass is 16.8. The first-order valence-corrected chi connectivity index (χ1v) is 20.2. The van der Waals surface area contributed by atoms with Gasteiger partial charge in [-0.25, -0.2) is 0 Å². The van der Waals surface area contributed by atoms with Crippen LogP contribution in [0.3, 0.4) is 0 Å². The third kappa shape index (κ3) is 10.7. The Kier molecular flexibility index (Phi) is 14.6. The van der Waals surface area contributed by atoms with Gasteiger partial charge in [0.15, 0.2) is 18.9 Å². The van der Waals surface area contributed by atoms with Gasteiger partial charge in [-0.05, 0) is 22.3 Å². The van der Waals surface area contributed by atoms with E-state index in [2.05, 4.69) is 0 Å². The van der Waals surface area contributed by atoms with Crippen LogP contribution in [-0.2, 0) is 73.8 Å². The minimum Gasteiger partial charge on any atom is -0.387 e. The fourth-order valence-corrected chi connectivity index (χ4v) is 7.69. The molecule has 3 saturated heterocycles. The van der Waals surface area contributed by atoms with Crippen molar-refractivity contribution >= 4 is 0 Å². The van der Waals surface area contributed by atoms with Crippen molar-refractivity contribution in [2.75, 3.05) is 20.3 Å². The van der Waals surface area contributed by atoms with Crippen LogP contribution in [0.5, 0.6) is 0 Å². The highest BCUT2D eigenvalue weighted by Crippen LogP contribution is 2.38. The molecular weight excluding hydrogens is 753 g/mol. The summed E-state index contributed by atoms with van der Waals surface area (Å²) < 4.78 is 65.2. The predicted octanol–water partition coefficient (Wildman–Crippen LogP) is 6.92. The molecule has 0 radical (unpaired) electrons. The van der Waals surface area contributed by atoms with Gasteiger partial charge in [0.1, 0.15) is 48.8 Å². The molecule has 59 heavy (non-hydrogen) atoms. The Bertz CT molecular complexity index is 1940. The molecule has 5 aromatic rings. The Morgan fingerprint density at radius 3 is 1.56 bits per heavy atom. The number of methoxy groups -OCH3 is 1. The minimum atomic E-state index is -1.20. The number of aliphatic hydroxyl groups is 1. The predicted molar refractivity (Wildman–Crippen MR) is 216 cm³/mol. The van der Waals surface area contributed by atoms with Crippen LogP contribution in [-0.4, -0.2) is 86.8 Å². The molecule has 11 heteroatoms. The van der Waals surface area contributed by atoms with E-state index >= 15 is 0 Å². The van der Waals surface area contributed by atoms with Gasteiger partial charge in [-0.15, -0.1) is 0 Å². The standard InChI is InChI=1S/C48H52O11/c1-50-47-43(40(49)41-39(56-47)32-55-46(58-41)37-25-15-6-16-26-37)59-48-45(54-30-36-23-13-5-14-24-36)44(53-29-35-21-11-4-12-22-35)42(52-28-34-19-9-3-10-20-34)38(57-48)31-51-27-33-17-7-2-8-18-33/h2-26,38-49H,27-32H2,1H3. The van der Waals surface area contributed by atoms with Crippen LogP contribution in [0.15, 0.2) is 152 Å². The smallest absolute Gasteiger partial charge is 0.187 e. The zero-order valence-corrected chi connectivity index (χ0v) is 33.1. The molecule has 0 aromatic heterocycles. The monoisotopic (exact) mass is 804 g/mol. The zero-order chi connectivity index (χ0) is 40.2. The summed E-state index contributed by atoms with van der Waals surface area (Å²) in [5.41, 5.74) is 4.76. The molecule has 3 aliphatic rings. The summed E-state index contributed by atoms with van der Waals surface area (Å²) >= 11 is 0. The molecule has 11 unspecified atom stereocenters. The van der Waals surface area contributed by atoms with Crippen molar-refractivity contribution in [2.45, 2.75) is 94.1 Å². The fourth-order valence-electron chi connectivity index (χ4n) is 7.69. The lowest BCUT2D eigenvalue weighted by Crippen LogP contribution is -2.66. The lowest BCUT2D eigenvalue weighted by Gasteiger charge is -2.50. The van der Waals surface area contributed by atoms with E-state index in [0.29, 0.717) is 6.61 Å². The van der Waals surface area contributed by atoms with E-state index in [0.717, 1.165) is 27.8 Å². The van der Waals surface area contributed by atoms with Crippen molar-refractivity contribution < 1.29 is 52.5 Å². The Balaban J connectivity index is 1.11. The summed E-state index contributed by atoms with van der Waals surface area (Å²) in [6.45, 7) is 1.47. The highest BCUT2D eigenvalue weighted by molar-refractivity contribution is 5.18. The highest BCUT2D eigenvalue weighted by Gasteiger charge is 2.55. The lowest BCUT2D eigenvalue weighted by molar-refractivity contribution is -0.396. The summed E-state index contributed by atoms with van der Waals surface area (Å²) in [6.07, 6.45) is -9.42. The van der Waals surface area contributed by atoms with Gasteiger partial charge < -0.3 is 52.5 Å². The van der Waals surface area contributed by atoms with Gasteiger partial charge in [-0.2, -0.15) is 0 Å². The molecule has 0 bridgehead atoms. The van der Waals surface area contributed by atoms with Gasteiger partial charge in [0.2, 0.25) is 0 Å². The van der Waals surface area contributed by atoms with Crippen LogP contribution in [0.25, 0.3) is 0 Å². The van der Waals surface area contributed by atoms with E-state index < -0.39 is 67.7 Å². The molecule has 3 aliphatic heterocycles. The number of hydrogen-bond donors (Lipinski definition) is 1. The van der Waals surface area contributed by atoms with Crippen molar-refractivity contribution in [3.05, 3.63) is 179 Å². The molecule has 5 aromatic carbocycles. The van der Waals surface area contributed by atoms with Crippen molar-refractivity contribution in [1.82, 2.24) is 0 Å². The molecule has 3 fully saturated rings. The van der Waals surface area contributed by atoms with Crippen LogP contribution in [0.4, 0.5) is 0 Å². The first-order chi connectivity index (χ1) is 29.1. The number of ether oxygens (including phenoxy) is 10. The molecule has 0 amide bonds. The van der Waals surface area contributed by atoms with E-state index in [-0.39, 0.29) is 33.0 Å². The van der Waals surface area contributed by atoms with Gasteiger partial charge >= 0.3 is 0 Å². The lowest BCUT2D eigenvalue weighted by atomic mass is 9.96. The maximum absolute atomic E-state index is 12.1. The van der Waals surface area contributed by atoms with E-state index in [1.54, 1.807) is 0 Å². The average Bonchev–Trinajstić information content (AvgIpc) is 3.30. The number of benzene rings is 5. The van der Waals surface area contributed by atoms with Crippen LogP contribution in [0, 0.1) is 0 Å². The van der Waals surface area contributed by atoms with Crippen LogP contribution >= 0.6 is 0 Å². The first kappa shape index (κ1) is 41.4. The topological polar surface area (TPSA) is 113 Å². The molecule has 11 atom stereocenters. The van der Waals surface area contributed by atoms with Crippen molar-refractivity contribution in [2.24, 2.45) is 0 Å². The van der Waals surface area contributed by atoms with Crippen molar-refractivity contribution in [3.8, 4) is 0 Å². The van der Waals surface area contributed by atoms with Crippen LogP contribution in [0.2, 0.25) is 0 Å². The summed E-state index contributed by atoms with van der Waals surface area (Å²) in [5, 5.41) is 12.1. The van der Waals surface area contributed by atoms with Crippen LogP contribution < -0.4 is 0 Å². The maximum atomic E-state index is 12.1. The number of hydrogen-bond acceptors (Lipinski definition) is 11. The normalized spacial score (nSPS) is 29.4. The molecule has 1 N–H and O–H groups in total. The summed E-state index contributed by atoms with van der Waals surface area (Å²) in [4.78, 5) is 0. The number of rotatable bonds is 17. The summed E-state index contributed by atoms with van der Waals surface area (Å²) in [5.74, 6) is 0. The van der Waals surface area contributed by atoms with Gasteiger partial charge in [-0.3, -0.25) is 0 Å². The second-order valence-electron chi connectivity index (χ2n) is 14.9. The molecule has 0 spiro atoms. The molecule has 3 heterocycles. The zero-order valence-electron chi connectivity index (χ0n) is 33.1. The van der Waals surface area contributed by atoms with Gasteiger partial charge in [0, 0.05) is 12.7 Å². The second kappa shape index (κ2) is 20.8. The Hall–Kier alpha value is -4.34. The summed E-state index contributed by atoms with van der Waals surface area (Å²) in [6, 6.07) is 49.3. The van der Waals surface area contributed by atoms with Crippen molar-refractivity contribution in [1.29, 1.82) is 0 Å². The Morgan fingerprint density at radius 2 is 1.02 bits per heavy atom. The minimum absolute atomic E-state index is 0.145. The quantitative estimate of drug-likeness (QED) is 0.106. The molecule has 0 aliphatic carbocycles. The van der Waals surface area contributed by atoms with Crippen LogP contribution in [0.1, 0.15) is 34.1 Å². The SMILES string of the molecule is COC1OC2COC(c3ccccc3)OC2C(O)C1OC1OC(COCc2ccccc2)C(OCc2ccccc2)C(OCc2ccccc2)C1OCc1ccccc1. The van der Waals surface area contributed by atoms with Crippen molar-refractivity contribution in [3.63, 3.8) is 0 Å². The van der Waals surface area contributed by atoms with E-state index in [1.807, 2.05) is 152 Å². The molecule has 11 nitrogen and oxygen atoms in total. The Morgan fingerprint density at radius 1 is 0.525 bits per heavy atom. The van der Waals surface area contributed by atoms with Gasteiger partial charge in [0.25, 0.3) is 0 Å². The van der Waals surface area contributed by atoms with Gasteiger partial charge in [0.05, 0.1) is 39.6 Å². The Labute approximate surface area is 345 Å². The number of fused-ring (bicyclic) bond motifs is 1. The maximum Gasteiger partial charge on any atom is 0.187 e. The van der Waals surface area contributed by atoms with Gasteiger partial charge in [-0.1, -0.05) is 152 Å². The van der Waals surface area contributed by atoms with E-state index in [4.69, 9.17) is 47.4 Å². The third-order valence-electron chi connectivity index (χ3n) is 10.7. The molecule has 310 valence electrons. The van der Waals surface area contributed by atoms with E-state index in [9.17, 15) is 5.11 Å². The molecular formula is C48H52O11. The average molecular weight is 805 g/mol. The second-order valence-corrected chi connectivity index (χ2v) is 14.9. The molecule has 0 saturated carbocycles.